The molecule has 0 amide bonds. The van der Waals surface area contributed by atoms with Crippen LogP contribution in [0.4, 0.5) is 0 Å². The molecule has 0 saturated heterocycles. The molecular weight excluding hydrogens is 851 g/mol. The summed E-state index contributed by atoms with van der Waals surface area (Å²) in [5, 5.41) is 7.40. The van der Waals surface area contributed by atoms with E-state index in [9.17, 15) is 0 Å². The zero-order valence-corrected chi connectivity index (χ0v) is 38.3. The lowest BCUT2D eigenvalue weighted by molar-refractivity contribution is 1.16. The number of fused-ring (bicyclic) bond motifs is 9. The van der Waals surface area contributed by atoms with Gasteiger partial charge in [-0.15, -0.1) is 0 Å². The first-order valence-electron chi connectivity index (χ1n) is 23.9. The summed E-state index contributed by atoms with van der Waals surface area (Å²) < 4.78 is 7.26. The van der Waals surface area contributed by atoms with Gasteiger partial charge in [0.15, 0.2) is 5.82 Å². The van der Waals surface area contributed by atoms with Crippen LogP contribution in [0.2, 0.25) is 0 Å². The Hall–Kier alpha value is -9.32. The van der Waals surface area contributed by atoms with Gasteiger partial charge in [-0.05, 0) is 102 Å². The SMILES string of the molecule is Cc1cc(-c2ccc(-n3c4ccc(-n5c6ccccc6c6ccccc65)cc4c4cc(-n5c6ccccc6c6ccccc65)ccc43)cc2)ccc1-c1cc(-c2ccccc2)nc(-c2ccccc2)n1. The number of benzene rings is 10. The quantitative estimate of drug-likeness (QED) is 0.160. The van der Waals surface area contributed by atoms with Gasteiger partial charge < -0.3 is 13.7 Å². The predicted molar refractivity (Wildman–Crippen MR) is 292 cm³/mol. The summed E-state index contributed by atoms with van der Waals surface area (Å²) >= 11 is 0. The Morgan fingerprint density at radius 3 is 1.17 bits per heavy atom. The van der Waals surface area contributed by atoms with Crippen molar-refractivity contribution >= 4 is 65.4 Å². The lowest BCUT2D eigenvalue weighted by atomic mass is 9.97. The first-order valence-corrected chi connectivity index (χ1v) is 23.9. The van der Waals surface area contributed by atoms with Crippen molar-refractivity contribution in [3.8, 4) is 62.1 Å². The van der Waals surface area contributed by atoms with E-state index in [4.69, 9.17) is 9.97 Å². The second-order valence-electron chi connectivity index (χ2n) is 18.2. The summed E-state index contributed by atoms with van der Waals surface area (Å²) in [4.78, 5) is 10.1. The number of para-hydroxylation sites is 4. The maximum Gasteiger partial charge on any atom is 0.160 e. The summed E-state index contributed by atoms with van der Waals surface area (Å²) in [5.41, 5.74) is 18.9. The number of hydrogen-bond acceptors (Lipinski definition) is 2. The van der Waals surface area contributed by atoms with Crippen molar-refractivity contribution in [3.63, 3.8) is 0 Å². The average Bonchev–Trinajstić information content (AvgIpc) is 4.06. The Morgan fingerprint density at radius 1 is 0.271 bits per heavy atom. The molecule has 10 aromatic carbocycles. The Labute approximate surface area is 404 Å². The van der Waals surface area contributed by atoms with Crippen LogP contribution in [0.3, 0.4) is 0 Å². The molecular formula is C65H43N5. The Bertz CT molecular complexity index is 4010. The van der Waals surface area contributed by atoms with E-state index in [0.29, 0.717) is 5.82 Å². The fourth-order valence-corrected chi connectivity index (χ4v) is 10.9. The molecule has 0 unspecified atom stereocenters. The molecule has 0 aliphatic rings. The fourth-order valence-electron chi connectivity index (χ4n) is 10.9. The second kappa shape index (κ2) is 15.9. The summed E-state index contributed by atoms with van der Waals surface area (Å²) in [6.45, 7) is 2.18. The van der Waals surface area contributed by atoms with E-state index in [0.717, 1.165) is 72.9 Å². The lowest BCUT2D eigenvalue weighted by Gasteiger charge is -2.13. The minimum atomic E-state index is 0.715. The van der Waals surface area contributed by atoms with E-state index in [-0.39, 0.29) is 0 Å². The summed E-state index contributed by atoms with van der Waals surface area (Å²) in [7, 11) is 0. The molecule has 328 valence electrons. The molecule has 14 aromatic rings. The van der Waals surface area contributed by atoms with E-state index >= 15 is 0 Å². The van der Waals surface area contributed by atoms with Crippen LogP contribution in [-0.2, 0) is 0 Å². The van der Waals surface area contributed by atoms with E-state index in [1.807, 2.05) is 24.3 Å². The van der Waals surface area contributed by atoms with Crippen LogP contribution in [0, 0.1) is 6.92 Å². The largest absolute Gasteiger partial charge is 0.309 e. The van der Waals surface area contributed by atoms with Crippen molar-refractivity contribution in [1.29, 1.82) is 0 Å². The molecule has 0 radical (unpaired) electrons. The predicted octanol–water partition coefficient (Wildman–Crippen LogP) is 16.7. The molecule has 14 rings (SSSR count). The number of hydrogen-bond donors (Lipinski definition) is 0. The van der Waals surface area contributed by atoms with Gasteiger partial charge in [0.05, 0.1) is 44.5 Å². The molecule has 0 N–H and O–H groups in total. The van der Waals surface area contributed by atoms with E-state index < -0.39 is 0 Å². The molecule has 0 spiro atoms. The maximum atomic E-state index is 5.13. The zero-order valence-electron chi connectivity index (χ0n) is 38.3. The Kier molecular flexibility index (Phi) is 9.04. The second-order valence-corrected chi connectivity index (χ2v) is 18.2. The van der Waals surface area contributed by atoms with Crippen molar-refractivity contribution in [2.45, 2.75) is 6.92 Å². The lowest BCUT2D eigenvalue weighted by Crippen LogP contribution is -1.97. The van der Waals surface area contributed by atoms with Crippen LogP contribution in [0.25, 0.3) is 128 Å². The van der Waals surface area contributed by atoms with E-state index in [1.165, 1.54) is 54.4 Å². The Morgan fingerprint density at radius 2 is 0.671 bits per heavy atom. The van der Waals surface area contributed by atoms with Gasteiger partial charge in [0, 0.05) is 66.1 Å². The van der Waals surface area contributed by atoms with Gasteiger partial charge in [0.25, 0.3) is 0 Å². The normalized spacial score (nSPS) is 11.8. The highest BCUT2D eigenvalue weighted by molar-refractivity contribution is 6.14. The Balaban J connectivity index is 0.900. The van der Waals surface area contributed by atoms with Crippen LogP contribution in [-0.4, -0.2) is 23.7 Å². The van der Waals surface area contributed by atoms with Gasteiger partial charge in [-0.2, -0.15) is 0 Å². The first-order chi connectivity index (χ1) is 34.6. The van der Waals surface area contributed by atoms with Crippen molar-refractivity contribution in [3.05, 3.63) is 248 Å². The van der Waals surface area contributed by atoms with Crippen LogP contribution in [0.15, 0.2) is 243 Å². The smallest absolute Gasteiger partial charge is 0.160 e. The summed E-state index contributed by atoms with van der Waals surface area (Å²) in [6, 6.07) is 87.4. The third-order valence-corrected chi connectivity index (χ3v) is 14.2. The van der Waals surface area contributed by atoms with Gasteiger partial charge in [0.1, 0.15) is 0 Å². The molecule has 0 bridgehead atoms. The van der Waals surface area contributed by atoms with Gasteiger partial charge >= 0.3 is 0 Å². The highest BCUT2D eigenvalue weighted by atomic mass is 15.0. The van der Waals surface area contributed by atoms with Gasteiger partial charge in [0.2, 0.25) is 0 Å². The minimum Gasteiger partial charge on any atom is -0.309 e. The molecule has 4 aromatic heterocycles. The van der Waals surface area contributed by atoms with Crippen molar-refractivity contribution < 1.29 is 0 Å². The van der Waals surface area contributed by atoms with Crippen LogP contribution in [0.5, 0.6) is 0 Å². The topological polar surface area (TPSA) is 40.6 Å². The minimum absolute atomic E-state index is 0.715. The molecule has 0 atom stereocenters. The molecule has 5 heteroatoms. The molecule has 4 heterocycles. The maximum absolute atomic E-state index is 5.13. The van der Waals surface area contributed by atoms with Crippen LogP contribution in [0.1, 0.15) is 5.56 Å². The summed E-state index contributed by atoms with van der Waals surface area (Å²) in [6.07, 6.45) is 0. The van der Waals surface area contributed by atoms with Gasteiger partial charge in [-0.1, -0.05) is 164 Å². The monoisotopic (exact) mass is 893 g/mol. The first kappa shape index (κ1) is 39.8. The fraction of sp³-hybridized carbons (Fsp3) is 0.0154. The molecule has 0 fully saturated rings. The van der Waals surface area contributed by atoms with Gasteiger partial charge in [-0.25, -0.2) is 9.97 Å². The van der Waals surface area contributed by atoms with Crippen molar-refractivity contribution in [2.24, 2.45) is 0 Å². The third-order valence-electron chi connectivity index (χ3n) is 14.2. The number of aryl methyl sites for hydroxylation is 1. The number of nitrogens with zero attached hydrogens (tertiary/aromatic N) is 5. The highest BCUT2D eigenvalue weighted by Crippen LogP contribution is 2.40. The molecule has 5 nitrogen and oxygen atoms in total. The van der Waals surface area contributed by atoms with Gasteiger partial charge in [-0.3, -0.25) is 0 Å². The van der Waals surface area contributed by atoms with E-state index in [1.54, 1.807) is 0 Å². The molecule has 70 heavy (non-hydrogen) atoms. The average molecular weight is 894 g/mol. The van der Waals surface area contributed by atoms with Crippen molar-refractivity contribution in [2.75, 3.05) is 0 Å². The number of aromatic nitrogens is 5. The summed E-state index contributed by atoms with van der Waals surface area (Å²) in [5.74, 6) is 0.715. The molecule has 0 aliphatic heterocycles. The highest BCUT2D eigenvalue weighted by Gasteiger charge is 2.20. The van der Waals surface area contributed by atoms with Crippen LogP contribution >= 0.6 is 0 Å². The standard InChI is InChI=1S/C65H43N5/c1-42-38-46(30-35-50(42)58-41-57(44-16-4-2-5-17-44)66-65(67-58)45-18-6-3-7-19-45)43-28-31-47(32-29-43)68-63-36-33-48(69-59-24-12-8-20-51(59)52-21-9-13-25-60(52)69)39-55(63)56-40-49(34-37-64(56)68)70-61-26-14-10-22-53(61)54-23-11-15-27-62(54)70/h2-41H,1H3. The van der Waals surface area contributed by atoms with Crippen molar-refractivity contribution in [1.82, 2.24) is 23.7 Å². The third kappa shape index (κ3) is 6.33. The molecule has 0 saturated carbocycles. The number of rotatable bonds is 7. The molecule has 0 aliphatic carbocycles. The zero-order chi connectivity index (χ0) is 46.3. The van der Waals surface area contributed by atoms with E-state index in [2.05, 4.69) is 239 Å². The van der Waals surface area contributed by atoms with Crippen LogP contribution < -0.4 is 0 Å².